The second kappa shape index (κ2) is 9.64. The summed E-state index contributed by atoms with van der Waals surface area (Å²) in [5.41, 5.74) is 7.39. The van der Waals surface area contributed by atoms with Crippen LogP contribution in [0.15, 0.2) is 55.1 Å². The maximum Gasteiger partial charge on any atom is 0.276 e. The third kappa shape index (κ3) is 7.44. The first kappa shape index (κ1) is 23.9. The highest BCUT2D eigenvalue weighted by molar-refractivity contribution is 5.78. The van der Waals surface area contributed by atoms with E-state index in [0.29, 0.717) is 17.0 Å². The van der Waals surface area contributed by atoms with Gasteiger partial charge in [0.25, 0.3) is 11.6 Å². The maximum atomic E-state index is 12.1. The molecule has 0 saturated heterocycles. The van der Waals surface area contributed by atoms with Crippen molar-refractivity contribution in [3.05, 3.63) is 76.4 Å². The van der Waals surface area contributed by atoms with Gasteiger partial charge in [0.15, 0.2) is 6.61 Å². The zero-order valence-corrected chi connectivity index (χ0v) is 18.8. The van der Waals surface area contributed by atoms with Crippen LogP contribution in [-0.4, -0.2) is 17.4 Å². The lowest BCUT2D eigenvalue weighted by Crippen LogP contribution is -2.39. The van der Waals surface area contributed by atoms with Gasteiger partial charge in [0.05, 0.1) is 10.6 Å². The number of rotatable bonds is 9. The second-order valence-electron chi connectivity index (χ2n) is 9.39. The van der Waals surface area contributed by atoms with Crippen molar-refractivity contribution in [2.75, 3.05) is 6.61 Å². The van der Waals surface area contributed by atoms with Crippen LogP contribution in [0.5, 0.6) is 5.75 Å². The molecule has 0 atom stereocenters. The second-order valence-corrected chi connectivity index (χ2v) is 9.39. The van der Waals surface area contributed by atoms with Crippen molar-refractivity contribution < 1.29 is 14.5 Å². The number of hydrogen-bond acceptors (Lipinski definition) is 5. The number of carbonyl (C=O) groups excluding carboxylic acids is 1. The number of amides is 1. The monoisotopic (exact) mass is 425 g/mol. The number of nitro benzene ring substituents is 1. The maximum absolute atomic E-state index is 12.1. The van der Waals surface area contributed by atoms with Crippen LogP contribution < -0.4 is 15.6 Å². The molecule has 0 unspecified atom stereocenters. The fraction of sp³-hybridized carbons (Fsp3) is 0.375. The third-order valence-corrected chi connectivity index (χ3v) is 4.74. The summed E-state index contributed by atoms with van der Waals surface area (Å²) < 4.78 is 5.55. The van der Waals surface area contributed by atoms with Crippen molar-refractivity contribution >= 4 is 17.3 Å². The lowest BCUT2D eigenvalue weighted by atomic mass is 9.72. The average Bonchev–Trinajstić information content (AvgIpc) is 2.69. The Hall–Kier alpha value is -3.35. The molecule has 2 aromatic rings. The van der Waals surface area contributed by atoms with Gasteiger partial charge in [0, 0.05) is 17.7 Å². The van der Waals surface area contributed by atoms with Crippen LogP contribution in [0.25, 0.3) is 5.70 Å². The van der Waals surface area contributed by atoms with Gasteiger partial charge in [0.2, 0.25) is 0 Å². The van der Waals surface area contributed by atoms with Gasteiger partial charge in [-0.1, -0.05) is 65.5 Å². The number of hydrogen-bond donors (Lipinski definition) is 2. The first-order chi connectivity index (χ1) is 14.4. The van der Waals surface area contributed by atoms with Crippen LogP contribution in [0, 0.1) is 15.5 Å². The first-order valence-electron chi connectivity index (χ1n) is 10.1. The normalized spacial score (nSPS) is 11.5. The van der Waals surface area contributed by atoms with E-state index in [9.17, 15) is 14.9 Å². The summed E-state index contributed by atoms with van der Waals surface area (Å²) in [4.78, 5) is 22.4. The van der Waals surface area contributed by atoms with E-state index in [1.165, 1.54) is 17.7 Å². The number of carbonyl (C=O) groups is 1. The molecule has 0 aromatic heterocycles. The first-order valence-corrected chi connectivity index (χ1v) is 10.1. The number of ether oxygens (including phenoxy) is 1. The fourth-order valence-corrected chi connectivity index (χ4v) is 3.64. The largest absolute Gasteiger partial charge is 0.484 e. The van der Waals surface area contributed by atoms with E-state index in [1.807, 2.05) is 24.3 Å². The molecule has 0 aliphatic heterocycles. The average molecular weight is 426 g/mol. The minimum atomic E-state index is -0.487. The number of nitrogens with zero attached hydrogens (tertiary/aromatic N) is 1. The van der Waals surface area contributed by atoms with Gasteiger partial charge in [-0.2, -0.15) is 0 Å². The van der Waals surface area contributed by atoms with E-state index in [0.717, 1.165) is 6.42 Å². The van der Waals surface area contributed by atoms with Crippen LogP contribution in [0.3, 0.4) is 0 Å². The molecule has 2 aromatic carbocycles. The van der Waals surface area contributed by atoms with Crippen molar-refractivity contribution in [1.82, 2.24) is 10.9 Å². The van der Waals surface area contributed by atoms with Gasteiger partial charge in [-0.15, -0.1) is 0 Å². The molecule has 166 valence electrons. The summed E-state index contributed by atoms with van der Waals surface area (Å²) in [5.74, 6) is 0.201. The summed E-state index contributed by atoms with van der Waals surface area (Å²) >= 11 is 0. The Labute approximate surface area is 183 Å². The number of nitrogens with one attached hydrogen (secondary N) is 2. The van der Waals surface area contributed by atoms with Gasteiger partial charge in [-0.05, 0) is 34.9 Å². The number of nitro groups is 1. The van der Waals surface area contributed by atoms with Crippen LogP contribution >= 0.6 is 0 Å². The summed E-state index contributed by atoms with van der Waals surface area (Å²) in [6.07, 6.45) is 1.04. The fourth-order valence-electron chi connectivity index (χ4n) is 3.64. The van der Waals surface area contributed by atoms with Crippen molar-refractivity contribution in [2.24, 2.45) is 5.41 Å². The van der Waals surface area contributed by atoms with Crippen molar-refractivity contribution in [1.29, 1.82) is 0 Å². The molecular formula is C24H31N3O4. The molecule has 7 nitrogen and oxygen atoms in total. The van der Waals surface area contributed by atoms with E-state index in [4.69, 9.17) is 4.74 Å². The standard InChI is InChI=1S/C24H31N3O4/c1-17(18-8-7-9-20(14-18)27(29)30)25-26-22(28)15-31-21-12-10-19(11-13-21)24(5,6)16-23(2,3)4/h7-14,25H,1,15-16H2,2-6H3,(H,26,28). The Morgan fingerprint density at radius 2 is 1.71 bits per heavy atom. The smallest absolute Gasteiger partial charge is 0.276 e. The highest BCUT2D eigenvalue weighted by Crippen LogP contribution is 2.36. The topological polar surface area (TPSA) is 93.5 Å². The predicted octanol–water partition coefficient (Wildman–Crippen LogP) is 4.98. The molecule has 2 rings (SSSR count). The summed E-state index contributed by atoms with van der Waals surface area (Å²) in [6.45, 7) is 14.7. The van der Waals surface area contributed by atoms with E-state index in [1.54, 1.807) is 12.1 Å². The third-order valence-electron chi connectivity index (χ3n) is 4.74. The van der Waals surface area contributed by atoms with Gasteiger partial charge in [0.1, 0.15) is 5.75 Å². The van der Waals surface area contributed by atoms with Crippen molar-refractivity contribution in [2.45, 2.75) is 46.5 Å². The Balaban J connectivity index is 1.85. The molecule has 0 heterocycles. The quantitative estimate of drug-likeness (QED) is 0.437. The van der Waals surface area contributed by atoms with E-state index in [2.05, 4.69) is 52.0 Å². The minimum absolute atomic E-state index is 0.0327. The molecule has 0 saturated carbocycles. The Morgan fingerprint density at radius 1 is 1.06 bits per heavy atom. The van der Waals surface area contributed by atoms with Gasteiger partial charge in [-0.25, -0.2) is 0 Å². The molecule has 0 fully saturated rings. The minimum Gasteiger partial charge on any atom is -0.484 e. The lowest BCUT2D eigenvalue weighted by Gasteiger charge is -2.33. The molecule has 0 spiro atoms. The molecule has 0 aliphatic carbocycles. The van der Waals surface area contributed by atoms with Crippen molar-refractivity contribution in [3.8, 4) is 5.75 Å². The van der Waals surface area contributed by atoms with E-state index >= 15 is 0 Å². The zero-order valence-electron chi connectivity index (χ0n) is 18.8. The molecule has 7 heteroatoms. The number of hydrazine groups is 1. The van der Waals surface area contributed by atoms with E-state index < -0.39 is 10.8 Å². The lowest BCUT2D eigenvalue weighted by molar-refractivity contribution is -0.384. The molecule has 0 aliphatic rings. The highest BCUT2D eigenvalue weighted by Gasteiger charge is 2.27. The number of benzene rings is 2. The predicted molar refractivity (Wildman–Crippen MR) is 122 cm³/mol. The van der Waals surface area contributed by atoms with Gasteiger partial charge < -0.3 is 4.74 Å². The van der Waals surface area contributed by atoms with Crippen LogP contribution in [0.1, 0.15) is 52.2 Å². The Kier molecular flexibility index (Phi) is 7.44. The zero-order chi connectivity index (χ0) is 23.2. The molecular weight excluding hydrogens is 394 g/mol. The SMILES string of the molecule is C=C(NNC(=O)COc1ccc(C(C)(C)CC(C)(C)C)cc1)c1cccc([N+](=O)[O-])c1. The molecule has 2 N–H and O–H groups in total. The molecule has 31 heavy (non-hydrogen) atoms. The van der Waals surface area contributed by atoms with Crippen LogP contribution in [0.2, 0.25) is 0 Å². The van der Waals surface area contributed by atoms with Gasteiger partial charge >= 0.3 is 0 Å². The number of non-ortho nitro benzene ring substituents is 1. The Morgan fingerprint density at radius 3 is 2.29 bits per heavy atom. The van der Waals surface area contributed by atoms with Crippen LogP contribution in [0.4, 0.5) is 5.69 Å². The van der Waals surface area contributed by atoms with Crippen LogP contribution in [-0.2, 0) is 10.2 Å². The Bertz CT molecular complexity index is 944. The summed E-state index contributed by atoms with van der Waals surface area (Å²) in [7, 11) is 0. The molecule has 0 radical (unpaired) electrons. The van der Waals surface area contributed by atoms with E-state index in [-0.39, 0.29) is 23.1 Å². The summed E-state index contributed by atoms with van der Waals surface area (Å²) in [5, 5.41) is 10.9. The summed E-state index contributed by atoms with van der Waals surface area (Å²) in [6, 6.07) is 13.8. The van der Waals surface area contributed by atoms with Gasteiger partial charge in [-0.3, -0.25) is 25.8 Å². The highest BCUT2D eigenvalue weighted by atomic mass is 16.6. The molecule has 0 bridgehead atoms. The van der Waals surface area contributed by atoms with Crippen molar-refractivity contribution in [3.63, 3.8) is 0 Å². The molecule has 1 amide bonds.